The van der Waals surface area contributed by atoms with Crippen molar-refractivity contribution >= 4 is 35.1 Å². The normalized spacial score (nSPS) is 9.95. The maximum absolute atomic E-state index is 10.9. The van der Waals surface area contributed by atoms with Gasteiger partial charge in [-0.25, -0.2) is 15.2 Å². The van der Waals surface area contributed by atoms with E-state index in [1.165, 1.54) is 7.11 Å². The fraction of sp³-hybridized carbons (Fsp3) is 0.100. The van der Waals surface area contributed by atoms with E-state index in [1.807, 2.05) is 0 Å². The van der Waals surface area contributed by atoms with Gasteiger partial charge in [-0.1, -0.05) is 6.07 Å². The van der Waals surface area contributed by atoms with Crippen LogP contribution in [-0.2, 0) is 4.74 Å². The Labute approximate surface area is 123 Å². The van der Waals surface area contributed by atoms with Crippen LogP contribution in [0.1, 0.15) is 0 Å². The van der Waals surface area contributed by atoms with E-state index in [9.17, 15) is 4.79 Å². The van der Waals surface area contributed by atoms with E-state index in [1.54, 1.807) is 18.2 Å². The third-order valence-corrected chi connectivity index (χ3v) is 2.38. The summed E-state index contributed by atoms with van der Waals surface area (Å²) in [5.74, 6) is 0.581. The number of hydrogen-bond acceptors (Lipinski definition) is 7. The highest BCUT2D eigenvalue weighted by Gasteiger charge is 2.08. The van der Waals surface area contributed by atoms with Crippen molar-refractivity contribution in [1.82, 2.24) is 25.4 Å². The Morgan fingerprint density at radius 1 is 1.15 bits per heavy atom. The first-order valence-electron chi connectivity index (χ1n) is 5.23. The highest BCUT2D eigenvalue weighted by Crippen LogP contribution is 2.17. The predicted molar refractivity (Wildman–Crippen MR) is 72.2 cm³/mol. The molecule has 0 aromatic carbocycles. The van der Waals surface area contributed by atoms with E-state index in [0.717, 1.165) is 0 Å². The maximum Gasteiger partial charge on any atom is 0.425 e. The predicted octanol–water partition coefficient (Wildman–Crippen LogP) is 1.92. The van der Waals surface area contributed by atoms with Crippen molar-refractivity contribution in [2.24, 2.45) is 0 Å². The molecule has 104 valence electrons. The van der Waals surface area contributed by atoms with E-state index in [4.69, 9.17) is 23.2 Å². The third-order valence-electron chi connectivity index (χ3n) is 2.04. The van der Waals surface area contributed by atoms with Crippen LogP contribution in [0.3, 0.4) is 0 Å². The molecule has 0 saturated carbocycles. The SMILES string of the molecule is COC(=O)NNc1cccc(-c2nc(Cl)nc(Cl)n2)n1. The Hall–Kier alpha value is -2.19. The first kappa shape index (κ1) is 14.2. The summed E-state index contributed by atoms with van der Waals surface area (Å²) in [4.78, 5) is 26.6. The molecule has 0 unspecified atom stereocenters. The molecule has 20 heavy (non-hydrogen) atoms. The van der Waals surface area contributed by atoms with Gasteiger partial charge < -0.3 is 4.74 Å². The van der Waals surface area contributed by atoms with Crippen LogP contribution in [0.25, 0.3) is 11.5 Å². The first-order chi connectivity index (χ1) is 9.58. The van der Waals surface area contributed by atoms with E-state index >= 15 is 0 Å². The average Bonchev–Trinajstić information content (AvgIpc) is 2.44. The van der Waals surface area contributed by atoms with Crippen molar-refractivity contribution in [2.75, 3.05) is 12.5 Å². The molecule has 0 atom stereocenters. The van der Waals surface area contributed by atoms with Gasteiger partial charge in [-0.05, 0) is 35.3 Å². The molecule has 0 bridgehead atoms. The van der Waals surface area contributed by atoms with E-state index < -0.39 is 6.09 Å². The molecule has 0 fully saturated rings. The number of amides is 1. The minimum absolute atomic E-state index is 0.0344. The molecule has 2 N–H and O–H groups in total. The fourth-order valence-corrected chi connectivity index (χ4v) is 1.60. The number of halogens is 2. The lowest BCUT2D eigenvalue weighted by Gasteiger charge is -2.07. The Morgan fingerprint density at radius 3 is 2.50 bits per heavy atom. The monoisotopic (exact) mass is 314 g/mol. The summed E-state index contributed by atoms with van der Waals surface area (Å²) in [6.45, 7) is 0. The number of hydrogen-bond donors (Lipinski definition) is 2. The molecule has 0 aliphatic heterocycles. The number of aromatic nitrogens is 4. The van der Waals surface area contributed by atoms with Crippen LogP contribution in [0.4, 0.5) is 10.6 Å². The van der Waals surface area contributed by atoms with Gasteiger partial charge in [0.15, 0.2) is 5.82 Å². The summed E-state index contributed by atoms with van der Waals surface area (Å²) in [5.41, 5.74) is 5.24. The standard InChI is InChI=1S/C10H8Cl2N6O2/c1-20-10(19)18-17-6-4-2-3-5(13-6)7-14-8(11)16-9(12)15-7/h2-4H,1H3,(H,13,17)(H,18,19). The van der Waals surface area contributed by atoms with Gasteiger partial charge in [0, 0.05) is 0 Å². The number of hydrazine groups is 1. The second-order valence-corrected chi connectivity index (χ2v) is 4.02. The zero-order valence-electron chi connectivity index (χ0n) is 10.1. The largest absolute Gasteiger partial charge is 0.452 e. The van der Waals surface area contributed by atoms with Gasteiger partial charge in [-0.15, -0.1) is 0 Å². The minimum atomic E-state index is -0.650. The van der Waals surface area contributed by atoms with Crippen LogP contribution in [-0.4, -0.2) is 33.1 Å². The summed E-state index contributed by atoms with van der Waals surface area (Å²) in [5, 5.41) is -0.0688. The average molecular weight is 315 g/mol. The molecule has 8 nitrogen and oxygen atoms in total. The van der Waals surface area contributed by atoms with Gasteiger partial charge in [0.05, 0.1) is 7.11 Å². The molecule has 0 saturated heterocycles. The zero-order chi connectivity index (χ0) is 14.5. The molecule has 2 aromatic heterocycles. The Bertz CT molecular complexity index is 619. The summed E-state index contributed by atoms with van der Waals surface area (Å²) in [6, 6.07) is 4.98. The fourth-order valence-electron chi connectivity index (χ4n) is 1.24. The molecule has 0 aliphatic carbocycles. The van der Waals surface area contributed by atoms with Crippen LogP contribution in [0.15, 0.2) is 18.2 Å². The second kappa shape index (κ2) is 6.31. The van der Waals surface area contributed by atoms with E-state index in [2.05, 4.69) is 35.5 Å². The van der Waals surface area contributed by atoms with Gasteiger partial charge in [0.2, 0.25) is 10.6 Å². The summed E-state index contributed by atoms with van der Waals surface area (Å²) >= 11 is 11.4. The van der Waals surface area contributed by atoms with Crippen LogP contribution < -0.4 is 10.9 Å². The highest BCUT2D eigenvalue weighted by atomic mass is 35.5. The van der Waals surface area contributed by atoms with Crippen molar-refractivity contribution in [3.05, 3.63) is 28.8 Å². The Balaban J connectivity index is 2.22. The molecular weight excluding hydrogens is 307 g/mol. The van der Waals surface area contributed by atoms with Crippen molar-refractivity contribution in [1.29, 1.82) is 0 Å². The molecule has 1 amide bonds. The van der Waals surface area contributed by atoms with Crippen LogP contribution >= 0.6 is 23.2 Å². The van der Waals surface area contributed by atoms with Crippen LogP contribution in [0.2, 0.25) is 10.6 Å². The van der Waals surface area contributed by atoms with Gasteiger partial charge >= 0.3 is 6.09 Å². The van der Waals surface area contributed by atoms with Crippen LogP contribution in [0.5, 0.6) is 0 Å². The van der Waals surface area contributed by atoms with E-state index in [0.29, 0.717) is 11.5 Å². The quantitative estimate of drug-likeness (QED) is 0.834. The molecule has 10 heteroatoms. The molecule has 2 heterocycles. The van der Waals surface area contributed by atoms with E-state index in [-0.39, 0.29) is 16.4 Å². The molecule has 2 aromatic rings. The Morgan fingerprint density at radius 2 is 1.85 bits per heavy atom. The molecule has 0 spiro atoms. The lowest BCUT2D eigenvalue weighted by molar-refractivity contribution is 0.173. The topological polar surface area (TPSA) is 102 Å². The van der Waals surface area contributed by atoms with Crippen molar-refractivity contribution < 1.29 is 9.53 Å². The van der Waals surface area contributed by atoms with Crippen molar-refractivity contribution in [3.8, 4) is 11.5 Å². The molecule has 0 aliphatic rings. The number of ether oxygens (including phenoxy) is 1. The smallest absolute Gasteiger partial charge is 0.425 e. The second-order valence-electron chi connectivity index (χ2n) is 3.35. The zero-order valence-corrected chi connectivity index (χ0v) is 11.6. The van der Waals surface area contributed by atoms with Crippen molar-refractivity contribution in [2.45, 2.75) is 0 Å². The first-order valence-corrected chi connectivity index (χ1v) is 5.98. The van der Waals surface area contributed by atoms with Gasteiger partial charge in [0.1, 0.15) is 11.5 Å². The highest BCUT2D eigenvalue weighted by molar-refractivity contribution is 6.31. The minimum Gasteiger partial charge on any atom is -0.452 e. The van der Waals surface area contributed by atoms with Gasteiger partial charge in [-0.2, -0.15) is 15.0 Å². The maximum atomic E-state index is 10.9. The lowest BCUT2D eigenvalue weighted by atomic mass is 10.3. The number of rotatable bonds is 3. The molecule has 2 rings (SSSR count). The summed E-state index contributed by atoms with van der Waals surface area (Å²) in [7, 11) is 1.25. The molecule has 0 radical (unpaired) electrons. The molecular formula is C10H8Cl2N6O2. The number of anilines is 1. The number of nitrogens with zero attached hydrogens (tertiary/aromatic N) is 4. The summed E-state index contributed by atoms with van der Waals surface area (Å²) in [6.07, 6.45) is -0.650. The number of carbonyl (C=O) groups is 1. The van der Waals surface area contributed by atoms with Crippen LogP contribution in [0, 0.1) is 0 Å². The number of nitrogens with one attached hydrogen (secondary N) is 2. The lowest BCUT2D eigenvalue weighted by Crippen LogP contribution is -2.29. The number of pyridine rings is 1. The number of methoxy groups -OCH3 is 1. The summed E-state index contributed by atoms with van der Waals surface area (Å²) < 4.78 is 4.41. The number of carbonyl (C=O) groups excluding carboxylic acids is 1. The van der Waals surface area contributed by atoms with Crippen molar-refractivity contribution in [3.63, 3.8) is 0 Å². The van der Waals surface area contributed by atoms with Gasteiger partial charge in [0.25, 0.3) is 0 Å². The third kappa shape index (κ3) is 3.65. The van der Waals surface area contributed by atoms with Gasteiger partial charge in [-0.3, -0.25) is 5.43 Å². The Kier molecular flexibility index (Phi) is 4.49.